The third-order valence-electron chi connectivity index (χ3n) is 5.45. The van der Waals surface area contributed by atoms with E-state index in [9.17, 15) is 13.2 Å². The average Bonchev–Trinajstić information content (AvgIpc) is 2.89. The van der Waals surface area contributed by atoms with Crippen LogP contribution in [0.2, 0.25) is 0 Å². The van der Waals surface area contributed by atoms with E-state index >= 15 is 0 Å². The van der Waals surface area contributed by atoms with Gasteiger partial charge < -0.3 is 24.4 Å². The van der Waals surface area contributed by atoms with Gasteiger partial charge in [0.15, 0.2) is 11.5 Å². The fraction of sp³-hybridized carbons (Fsp3) is 0.611. The predicted molar refractivity (Wildman–Crippen MR) is 102 cm³/mol. The lowest BCUT2D eigenvalue weighted by molar-refractivity contribution is 0.160. The topological polar surface area (TPSA) is 94.2 Å². The molecule has 8 nitrogen and oxygen atoms in total. The quantitative estimate of drug-likeness (QED) is 0.818. The summed E-state index contributed by atoms with van der Waals surface area (Å²) in [7, 11) is 1.45. The Labute approximate surface area is 159 Å². The number of nitrogens with zero attached hydrogens (tertiary/aromatic N) is 1. The Kier molecular flexibility index (Phi) is 5.41. The van der Waals surface area contributed by atoms with Crippen LogP contribution in [0.3, 0.4) is 0 Å². The van der Waals surface area contributed by atoms with E-state index in [4.69, 9.17) is 14.2 Å². The number of methoxy groups -OCH3 is 3. The number of anilines is 1. The molecule has 150 valence electrons. The normalized spacial score (nSPS) is 24.4. The molecule has 9 heteroatoms. The molecule has 0 spiro atoms. The van der Waals surface area contributed by atoms with E-state index < -0.39 is 9.84 Å². The number of hydrogen-bond acceptors (Lipinski definition) is 6. The summed E-state index contributed by atoms with van der Waals surface area (Å²) in [5.41, 5.74) is 0.527. The minimum absolute atomic E-state index is 0.0504. The molecule has 3 rings (SSSR count). The largest absolute Gasteiger partial charge is 0.493 e. The average molecular weight is 398 g/mol. The first-order valence-electron chi connectivity index (χ1n) is 8.86. The molecule has 0 radical (unpaired) electrons. The summed E-state index contributed by atoms with van der Waals surface area (Å²) < 4.78 is 39.8. The van der Waals surface area contributed by atoms with Crippen molar-refractivity contribution >= 4 is 21.6 Å². The lowest BCUT2D eigenvalue weighted by Gasteiger charge is -2.38. The highest BCUT2D eigenvalue weighted by molar-refractivity contribution is 7.91. The van der Waals surface area contributed by atoms with E-state index in [1.165, 1.54) is 27.6 Å². The molecular weight excluding hydrogens is 372 g/mol. The highest BCUT2D eigenvalue weighted by atomic mass is 32.2. The SMILES string of the molecule is COc1cc(NC(=O)N2C3CCC2CC(S(C)(=O)=O)C3)cc(OC)c1OC. The Morgan fingerprint density at radius 2 is 1.56 bits per heavy atom. The number of piperidine rings is 1. The lowest BCUT2D eigenvalue weighted by atomic mass is 10.0. The number of sulfone groups is 1. The van der Waals surface area contributed by atoms with Gasteiger partial charge in [-0.2, -0.15) is 0 Å². The van der Waals surface area contributed by atoms with Gasteiger partial charge in [-0.3, -0.25) is 0 Å². The number of carbonyl (C=O) groups is 1. The van der Waals surface area contributed by atoms with Crippen LogP contribution in [0.1, 0.15) is 25.7 Å². The van der Waals surface area contributed by atoms with E-state index in [2.05, 4.69) is 5.32 Å². The number of amides is 2. The maximum atomic E-state index is 12.9. The second-order valence-corrected chi connectivity index (χ2v) is 9.39. The van der Waals surface area contributed by atoms with Gasteiger partial charge in [0.1, 0.15) is 9.84 Å². The van der Waals surface area contributed by atoms with E-state index in [0.29, 0.717) is 35.8 Å². The van der Waals surface area contributed by atoms with E-state index in [1.54, 1.807) is 17.0 Å². The van der Waals surface area contributed by atoms with Crippen LogP contribution in [0, 0.1) is 0 Å². The van der Waals surface area contributed by atoms with Crippen LogP contribution in [-0.2, 0) is 9.84 Å². The molecule has 2 heterocycles. The first kappa shape index (κ1) is 19.6. The van der Waals surface area contributed by atoms with Crippen LogP contribution in [-0.4, -0.2) is 64.3 Å². The molecule has 2 atom stereocenters. The Hall–Kier alpha value is -2.16. The highest BCUT2D eigenvalue weighted by Crippen LogP contribution is 2.41. The van der Waals surface area contributed by atoms with Crippen molar-refractivity contribution in [2.45, 2.75) is 43.0 Å². The number of hydrogen-bond donors (Lipinski definition) is 1. The molecule has 2 amide bonds. The standard InChI is InChI=1S/C18H26N2O6S/c1-24-15-7-11(8-16(25-2)17(15)26-3)19-18(21)20-12-5-6-13(20)10-14(9-12)27(4,22)23/h7-8,12-14H,5-6,9-10H2,1-4H3,(H,19,21). The maximum absolute atomic E-state index is 12.9. The van der Waals surface area contributed by atoms with Gasteiger partial charge in [-0.25, -0.2) is 13.2 Å². The van der Waals surface area contributed by atoms with E-state index in [1.807, 2.05) is 0 Å². The molecule has 27 heavy (non-hydrogen) atoms. The summed E-state index contributed by atoms with van der Waals surface area (Å²) in [5.74, 6) is 1.35. The van der Waals surface area contributed by atoms with Crippen LogP contribution in [0.25, 0.3) is 0 Å². The summed E-state index contributed by atoms with van der Waals surface area (Å²) in [5, 5.41) is 2.53. The van der Waals surface area contributed by atoms with Crippen molar-refractivity contribution in [3.05, 3.63) is 12.1 Å². The first-order chi connectivity index (χ1) is 12.8. The summed E-state index contributed by atoms with van der Waals surface area (Å²) >= 11 is 0. The molecule has 0 saturated carbocycles. The zero-order valence-electron chi connectivity index (χ0n) is 16.0. The molecule has 0 aliphatic carbocycles. The van der Waals surface area contributed by atoms with Crippen LogP contribution in [0.5, 0.6) is 17.2 Å². The Morgan fingerprint density at radius 3 is 1.96 bits per heavy atom. The monoisotopic (exact) mass is 398 g/mol. The second kappa shape index (κ2) is 7.46. The van der Waals surface area contributed by atoms with E-state index in [0.717, 1.165) is 12.8 Å². The summed E-state index contributed by atoms with van der Waals surface area (Å²) in [6.45, 7) is 0. The third-order valence-corrected chi connectivity index (χ3v) is 7.04. The molecule has 0 aromatic heterocycles. The van der Waals surface area contributed by atoms with Gasteiger partial charge in [0.25, 0.3) is 0 Å². The number of rotatable bonds is 5. The Bertz CT molecular complexity index is 786. The van der Waals surface area contributed by atoms with Crippen LogP contribution in [0.15, 0.2) is 12.1 Å². The minimum Gasteiger partial charge on any atom is -0.493 e. The van der Waals surface area contributed by atoms with Crippen molar-refractivity contribution in [2.75, 3.05) is 32.9 Å². The zero-order valence-corrected chi connectivity index (χ0v) is 16.8. The maximum Gasteiger partial charge on any atom is 0.322 e. The Morgan fingerprint density at radius 1 is 1.04 bits per heavy atom. The number of carbonyl (C=O) groups excluding carboxylic acids is 1. The third kappa shape index (κ3) is 3.78. The van der Waals surface area contributed by atoms with Crippen molar-refractivity contribution in [3.63, 3.8) is 0 Å². The van der Waals surface area contributed by atoms with Crippen LogP contribution < -0.4 is 19.5 Å². The molecule has 2 aliphatic heterocycles. The van der Waals surface area contributed by atoms with Crippen LogP contribution >= 0.6 is 0 Å². The van der Waals surface area contributed by atoms with Gasteiger partial charge in [0, 0.05) is 30.5 Å². The summed E-state index contributed by atoms with van der Waals surface area (Å²) in [4.78, 5) is 14.7. The molecular formula is C18H26N2O6S. The molecule has 1 aromatic carbocycles. The fourth-order valence-electron chi connectivity index (χ4n) is 4.15. The molecule has 1 N–H and O–H groups in total. The molecule has 2 fully saturated rings. The summed E-state index contributed by atoms with van der Waals surface area (Å²) in [6, 6.07) is 3.01. The molecule has 2 saturated heterocycles. The van der Waals surface area contributed by atoms with Crippen molar-refractivity contribution in [3.8, 4) is 17.2 Å². The molecule has 2 bridgehead atoms. The van der Waals surface area contributed by atoms with E-state index in [-0.39, 0.29) is 23.4 Å². The van der Waals surface area contributed by atoms with Crippen molar-refractivity contribution in [1.29, 1.82) is 0 Å². The number of fused-ring (bicyclic) bond motifs is 2. The van der Waals surface area contributed by atoms with Gasteiger partial charge in [-0.1, -0.05) is 0 Å². The van der Waals surface area contributed by atoms with Gasteiger partial charge in [-0.15, -0.1) is 0 Å². The molecule has 2 unspecified atom stereocenters. The van der Waals surface area contributed by atoms with Crippen molar-refractivity contribution in [2.24, 2.45) is 0 Å². The van der Waals surface area contributed by atoms with Gasteiger partial charge >= 0.3 is 6.03 Å². The molecule has 2 aliphatic rings. The Balaban J connectivity index is 1.79. The van der Waals surface area contributed by atoms with Crippen LogP contribution in [0.4, 0.5) is 10.5 Å². The fourth-order valence-corrected chi connectivity index (χ4v) is 5.29. The lowest BCUT2D eigenvalue weighted by Crippen LogP contribution is -2.51. The van der Waals surface area contributed by atoms with Gasteiger partial charge in [-0.05, 0) is 25.7 Å². The van der Waals surface area contributed by atoms with Crippen molar-refractivity contribution < 1.29 is 27.4 Å². The zero-order chi connectivity index (χ0) is 19.8. The number of urea groups is 1. The van der Waals surface area contributed by atoms with Gasteiger partial charge in [0.2, 0.25) is 5.75 Å². The second-order valence-electron chi connectivity index (χ2n) is 7.06. The van der Waals surface area contributed by atoms with Gasteiger partial charge in [0.05, 0.1) is 32.3 Å². The minimum atomic E-state index is -3.09. The highest BCUT2D eigenvalue weighted by Gasteiger charge is 2.46. The first-order valence-corrected chi connectivity index (χ1v) is 10.8. The molecule has 1 aromatic rings. The predicted octanol–water partition coefficient (Wildman–Crippen LogP) is 2.28. The van der Waals surface area contributed by atoms with Crippen molar-refractivity contribution in [1.82, 2.24) is 4.90 Å². The number of ether oxygens (including phenoxy) is 3. The summed E-state index contributed by atoms with van der Waals surface area (Å²) in [6.07, 6.45) is 3.94. The smallest absolute Gasteiger partial charge is 0.322 e. The number of nitrogens with one attached hydrogen (secondary N) is 1. The number of benzene rings is 1.